The van der Waals surface area contributed by atoms with Crippen molar-refractivity contribution in [1.82, 2.24) is 0 Å². The molecule has 1 saturated carbocycles. The second kappa shape index (κ2) is 4.58. The summed E-state index contributed by atoms with van der Waals surface area (Å²) in [7, 11) is 0. The van der Waals surface area contributed by atoms with E-state index in [4.69, 9.17) is 4.74 Å². The number of ether oxygens (including phenoxy) is 1. The van der Waals surface area contributed by atoms with Crippen LogP contribution in [0.1, 0.15) is 30.1 Å². The molecule has 3 heteroatoms. The Labute approximate surface area is 104 Å². The molecular formula is C13H15BrO2. The van der Waals surface area contributed by atoms with E-state index in [1.165, 1.54) is 12.8 Å². The average molecular weight is 283 g/mol. The first-order valence-corrected chi connectivity index (χ1v) is 6.57. The van der Waals surface area contributed by atoms with E-state index in [0.717, 1.165) is 17.7 Å². The number of Topliss-reactive ketones (excluding diaryl/α,β-unsaturated/α-hetero) is 1. The van der Waals surface area contributed by atoms with Crippen LogP contribution in [-0.4, -0.2) is 17.7 Å². The quantitative estimate of drug-likeness (QED) is 0.611. The predicted octanol–water partition coefficient (Wildman–Crippen LogP) is 3.44. The Morgan fingerprint density at radius 2 is 2.25 bits per heavy atom. The number of hydrogen-bond donors (Lipinski definition) is 0. The maximum Gasteiger partial charge on any atom is 0.159 e. The van der Waals surface area contributed by atoms with Gasteiger partial charge in [-0.15, -0.1) is 0 Å². The number of carbonyl (C=O) groups is 1. The molecule has 0 heterocycles. The normalized spacial score (nSPS) is 16.9. The van der Waals surface area contributed by atoms with E-state index in [9.17, 15) is 4.79 Å². The van der Waals surface area contributed by atoms with Gasteiger partial charge in [0.15, 0.2) is 5.78 Å². The van der Waals surface area contributed by atoms with Crippen LogP contribution >= 0.6 is 15.9 Å². The van der Waals surface area contributed by atoms with E-state index in [0.29, 0.717) is 11.0 Å². The zero-order valence-electron chi connectivity index (χ0n) is 9.33. The Morgan fingerprint density at radius 3 is 2.81 bits per heavy atom. The Balaban J connectivity index is 1.99. The Morgan fingerprint density at radius 1 is 1.50 bits per heavy atom. The number of carbonyl (C=O) groups excluding carboxylic acids is 1. The van der Waals surface area contributed by atoms with Crippen molar-refractivity contribution >= 4 is 21.7 Å². The maximum absolute atomic E-state index is 11.2. The summed E-state index contributed by atoms with van der Waals surface area (Å²) >= 11 is 3.51. The fraction of sp³-hybridized carbons (Fsp3) is 0.462. The van der Waals surface area contributed by atoms with Gasteiger partial charge >= 0.3 is 0 Å². The van der Waals surface area contributed by atoms with Gasteiger partial charge in [-0.1, -0.05) is 28.1 Å². The molecule has 0 bridgehead atoms. The lowest BCUT2D eigenvalue weighted by atomic mass is 10.1. The monoisotopic (exact) mass is 282 g/mol. The topological polar surface area (TPSA) is 26.3 Å². The van der Waals surface area contributed by atoms with Crippen LogP contribution in [0.2, 0.25) is 0 Å². The zero-order chi connectivity index (χ0) is 11.6. The minimum atomic E-state index is 0.0760. The number of alkyl halides is 1. The van der Waals surface area contributed by atoms with Gasteiger partial charge in [0.1, 0.15) is 5.75 Å². The van der Waals surface area contributed by atoms with Gasteiger partial charge in [-0.3, -0.25) is 4.79 Å². The van der Waals surface area contributed by atoms with E-state index in [2.05, 4.69) is 15.9 Å². The van der Waals surface area contributed by atoms with Crippen LogP contribution in [0, 0.1) is 5.41 Å². The van der Waals surface area contributed by atoms with Gasteiger partial charge in [0.05, 0.1) is 6.61 Å². The molecule has 0 spiro atoms. The van der Waals surface area contributed by atoms with Crippen molar-refractivity contribution in [2.45, 2.75) is 19.8 Å². The molecule has 0 radical (unpaired) electrons. The average Bonchev–Trinajstić information content (AvgIpc) is 3.07. The highest BCUT2D eigenvalue weighted by Gasteiger charge is 2.42. The van der Waals surface area contributed by atoms with E-state index < -0.39 is 0 Å². The first kappa shape index (κ1) is 11.6. The summed E-state index contributed by atoms with van der Waals surface area (Å²) in [6.07, 6.45) is 2.45. The minimum absolute atomic E-state index is 0.0760. The van der Waals surface area contributed by atoms with Crippen molar-refractivity contribution in [3.8, 4) is 5.75 Å². The summed E-state index contributed by atoms with van der Waals surface area (Å²) in [6.45, 7) is 2.31. The highest BCUT2D eigenvalue weighted by Crippen LogP contribution is 2.47. The second-order valence-electron chi connectivity index (χ2n) is 4.51. The lowest BCUT2D eigenvalue weighted by Crippen LogP contribution is -2.14. The SMILES string of the molecule is CC(=O)c1cccc(OCC2(CBr)CC2)c1. The molecule has 0 atom stereocenters. The number of benzene rings is 1. The van der Waals surface area contributed by atoms with Crippen LogP contribution in [0.3, 0.4) is 0 Å². The third kappa shape index (κ3) is 2.64. The molecule has 16 heavy (non-hydrogen) atoms. The predicted molar refractivity (Wildman–Crippen MR) is 67.4 cm³/mol. The van der Waals surface area contributed by atoms with E-state index in [1.54, 1.807) is 6.92 Å². The summed E-state index contributed by atoms with van der Waals surface area (Å²) in [5.41, 5.74) is 1.05. The largest absolute Gasteiger partial charge is 0.493 e. The smallest absolute Gasteiger partial charge is 0.159 e. The summed E-state index contributed by atoms with van der Waals surface area (Å²) in [5.74, 6) is 0.868. The molecule has 2 rings (SSSR count). The molecular weight excluding hydrogens is 268 g/mol. The second-order valence-corrected chi connectivity index (χ2v) is 5.07. The van der Waals surface area contributed by atoms with Crippen LogP contribution in [0.5, 0.6) is 5.75 Å². The summed E-state index contributed by atoms with van der Waals surface area (Å²) in [5, 5.41) is 0.992. The molecule has 2 nitrogen and oxygen atoms in total. The van der Waals surface area contributed by atoms with E-state index >= 15 is 0 Å². The Hall–Kier alpha value is -0.830. The van der Waals surface area contributed by atoms with Crippen LogP contribution < -0.4 is 4.74 Å². The first-order chi connectivity index (χ1) is 7.65. The van der Waals surface area contributed by atoms with Gasteiger partial charge in [0, 0.05) is 16.3 Å². The molecule has 0 aromatic heterocycles. The van der Waals surface area contributed by atoms with Crippen LogP contribution in [-0.2, 0) is 0 Å². The molecule has 86 valence electrons. The number of ketones is 1. The summed E-state index contributed by atoms with van der Waals surface area (Å²) in [6, 6.07) is 7.38. The van der Waals surface area contributed by atoms with Crippen molar-refractivity contribution in [1.29, 1.82) is 0 Å². The minimum Gasteiger partial charge on any atom is -0.493 e. The van der Waals surface area contributed by atoms with Crippen molar-refractivity contribution < 1.29 is 9.53 Å². The molecule has 1 aliphatic carbocycles. The molecule has 1 fully saturated rings. The maximum atomic E-state index is 11.2. The summed E-state index contributed by atoms with van der Waals surface area (Å²) in [4.78, 5) is 11.2. The molecule has 1 aromatic rings. The van der Waals surface area contributed by atoms with Gasteiger partial charge < -0.3 is 4.74 Å². The van der Waals surface area contributed by atoms with Gasteiger partial charge in [0.25, 0.3) is 0 Å². The highest BCUT2D eigenvalue weighted by molar-refractivity contribution is 9.09. The van der Waals surface area contributed by atoms with Crippen LogP contribution in [0.15, 0.2) is 24.3 Å². The fourth-order valence-electron chi connectivity index (χ4n) is 1.53. The van der Waals surface area contributed by atoms with Crippen molar-refractivity contribution in [3.05, 3.63) is 29.8 Å². The first-order valence-electron chi connectivity index (χ1n) is 5.45. The van der Waals surface area contributed by atoms with Gasteiger partial charge in [-0.05, 0) is 31.9 Å². The third-order valence-corrected chi connectivity index (χ3v) is 4.22. The van der Waals surface area contributed by atoms with Gasteiger partial charge in [0.2, 0.25) is 0 Å². The molecule has 1 aromatic carbocycles. The molecule has 0 aliphatic heterocycles. The van der Waals surface area contributed by atoms with Crippen LogP contribution in [0.4, 0.5) is 0 Å². The molecule has 0 unspecified atom stereocenters. The van der Waals surface area contributed by atoms with Crippen molar-refractivity contribution in [2.75, 3.05) is 11.9 Å². The molecule has 0 saturated heterocycles. The lowest BCUT2D eigenvalue weighted by molar-refractivity contribution is 0.101. The summed E-state index contributed by atoms with van der Waals surface area (Å²) < 4.78 is 5.73. The number of halogens is 1. The fourth-order valence-corrected chi connectivity index (χ4v) is 2.26. The zero-order valence-corrected chi connectivity index (χ0v) is 10.9. The standard InChI is InChI=1S/C13H15BrO2/c1-10(15)11-3-2-4-12(7-11)16-9-13(8-14)5-6-13/h2-4,7H,5-6,8-9H2,1H3. The number of hydrogen-bond acceptors (Lipinski definition) is 2. The molecule has 0 amide bonds. The Bertz CT molecular complexity index is 397. The Kier molecular flexibility index (Phi) is 3.33. The molecule has 1 aliphatic rings. The van der Waals surface area contributed by atoms with Gasteiger partial charge in [-0.25, -0.2) is 0 Å². The van der Waals surface area contributed by atoms with E-state index in [1.807, 2.05) is 24.3 Å². The lowest BCUT2D eigenvalue weighted by Gasteiger charge is -2.13. The van der Waals surface area contributed by atoms with Crippen molar-refractivity contribution in [3.63, 3.8) is 0 Å². The third-order valence-electron chi connectivity index (χ3n) is 3.03. The van der Waals surface area contributed by atoms with E-state index in [-0.39, 0.29) is 5.78 Å². The number of rotatable bonds is 5. The van der Waals surface area contributed by atoms with Crippen LogP contribution in [0.25, 0.3) is 0 Å². The highest BCUT2D eigenvalue weighted by atomic mass is 79.9. The molecule has 0 N–H and O–H groups in total. The van der Waals surface area contributed by atoms with Gasteiger partial charge in [-0.2, -0.15) is 0 Å². The van der Waals surface area contributed by atoms with Crippen molar-refractivity contribution in [2.24, 2.45) is 5.41 Å².